The fourth-order valence-corrected chi connectivity index (χ4v) is 3.20. The molecular formula is C21H24ClN3O5. The summed E-state index contributed by atoms with van der Waals surface area (Å²) in [4.78, 5) is 28.2. The molecule has 1 aliphatic heterocycles. The maximum atomic E-state index is 12.2. The lowest BCUT2D eigenvalue weighted by atomic mass is 10.1. The number of carbonyl (C=O) groups is 2. The van der Waals surface area contributed by atoms with Gasteiger partial charge in [0.05, 0.1) is 12.2 Å². The van der Waals surface area contributed by atoms with Gasteiger partial charge in [-0.25, -0.2) is 4.84 Å². The van der Waals surface area contributed by atoms with Crippen molar-refractivity contribution in [2.75, 3.05) is 19.7 Å². The first kappa shape index (κ1) is 22.0. The van der Waals surface area contributed by atoms with Crippen molar-refractivity contribution < 1.29 is 24.5 Å². The van der Waals surface area contributed by atoms with Gasteiger partial charge in [0.15, 0.2) is 6.61 Å². The van der Waals surface area contributed by atoms with Crippen LogP contribution in [0.3, 0.4) is 0 Å². The van der Waals surface area contributed by atoms with Crippen LogP contribution in [0, 0.1) is 0 Å². The number of β-amino-alcohol motifs (C(OH)–C–C–N with tert-alkyl or cyclic N) is 2. The van der Waals surface area contributed by atoms with Crippen LogP contribution in [-0.4, -0.2) is 58.8 Å². The Morgan fingerprint density at radius 1 is 0.967 bits per heavy atom. The number of hydrogen-bond acceptors (Lipinski definition) is 6. The lowest BCUT2D eigenvalue weighted by Gasteiger charge is -2.15. The van der Waals surface area contributed by atoms with E-state index in [0.717, 1.165) is 11.1 Å². The number of rotatable bonds is 8. The van der Waals surface area contributed by atoms with Gasteiger partial charge in [-0.2, -0.15) is 0 Å². The van der Waals surface area contributed by atoms with E-state index in [1.165, 1.54) is 4.90 Å². The van der Waals surface area contributed by atoms with Crippen molar-refractivity contribution in [3.05, 3.63) is 65.2 Å². The standard InChI is InChI=1S/C21H24ClN3O5/c22-24-10-15-1-5-16(6-2-15)21(29)23-9-14-3-7-17(8-4-14)30-13-20(28)25-11-18(26)19(27)12-25/h1-8,18-19,24,26-27H,9-13H2,(H,23,29)/t18-,19+. The van der Waals surface area contributed by atoms with Crippen LogP contribution in [0.15, 0.2) is 48.5 Å². The Hall–Kier alpha value is -2.65. The highest BCUT2D eigenvalue weighted by molar-refractivity contribution is 6.13. The number of aliphatic hydroxyl groups is 2. The second-order valence-electron chi connectivity index (χ2n) is 7.06. The average molecular weight is 434 g/mol. The molecule has 30 heavy (non-hydrogen) atoms. The number of hydrogen-bond donors (Lipinski definition) is 4. The van der Waals surface area contributed by atoms with E-state index < -0.39 is 12.2 Å². The first-order chi connectivity index (χ1) is 14.5. The molecule has 0 spiro atoms. The summed E-state index contributed by atoms with van der Waals surface area (Å²) in [6.07, 6.45) is -1.83. The number of benzene rings is 2. The van der Waals surface area contributed by atoms with Crippen LogP contribution in [-0.2, 0) is 17.9 Å². The summed E-state index contributed by atoms with van der Waals surface area (Å²) in [5.74, 6) is 0.0401. The summed E-state index contributed by atoms with van der Waals surface area (Å²) in [6.45, 7) is 0.908. The molecule has 1 fully saturated rings. The van der Waals surface area contributed by atoms with Gasteiger partial charge >= 0.3 is 0 Å². The van der Waals surface area contributed by atoms with Gasteiger partial charge in [0.2, 0.25) is 0 Å². The Kier molecular flexibility index (Phi) is 7.64. The highest BCUT2D eigenvalue weighted by atomic mass is 35.5. The van der Waals surface area contributed by atoms with Crippen molar-refractivity contribution in [1.29, 1.82) is 0 Å². The molecule has 1 aliphatic rings. The van der Waals surface area contributed by atoms with Gasteiger partial charge in [-0.15, -0.1) is 0 Å². The van der Waals surface area contributed by atoms with Gasteiger partial charge in [0, 0.05) is 31.7 Å². The van der Waals surface area contributed by atoms with Crippen molar-refractivity contribution in [1.82, 2.24) is 15.1 Å². The number of amides is 2. The molecule has 0 radical (unpaired) electrons. The number of nitrogens with zero attached hydrogens (tertiary/aromatic N) is 1. The topological polar surface area (TPSA) is 111 Å². The van der Waals surface area contributed by atoms with Crippen molar-refractivity contribution >= 4 is 23.6 Å². The molecule has 8 nitrogen and oxygen atoms in total. The average Bonchev–Trinajstić information content (AvgIpc) is 3.10. The number of aliphatic hydroxyl groups excluding tert-OH is 2. The first-order valence-electron chi connectivity index (χ1n) is 9.52. The highest BCUT2D eigenvalue weighted by Gasteiger charge is 2.32. The van der Waals surface area contributed by atoms with E-state index in [4.69, 9.17) is 16.5 Å². The summed E-state index contributed by atoms with van der Waals surface area (Å²) in [6, 6.07) is 14.2. The van der Waals surface area contributed by atoms with E-state index in [9.17, 15) is 19.8 Å². The molecule has 0 aliphatic carbocycles. The second kappa shape index (κ2) is 10.4. The zero-order valence-electron chi connectivity index (χ0n) is 16.3. The SMILES string of the molecule is O=C(NCc1ccc(OCC(=O)N2C[C@@H](O)[C@@H](O)C2)cc1)c1ccc(CNCl)cc1. The zero-order valence-corrected chi connectivity index (χ0v) is 17.0. The molecule has 4 N–H and O–H groups in total. The zero-order chi connectivity index (χ0) is 21.5. The summed E-state index contributed by atoms with van der Waals surface area (Å²) < 4.78 is 5.48. The molecule has 3 rings (SSSR count). The monoisotopic (exact) mass is 433 g/mol. The van der Waals surface area contributed by atoms with Gasteiger partial charge in [-0.1, -0.05) is 24.3 Å². The molecule has 160 valence electrons. The largest absolute Gasteiger partial charge is 0.484 e. The summed E-state index contributed by atoms with van der Waals surface area (Å²) in [5.41, 5.74) is 2.42. The molecule has 2 aromatic carbocycles. The molecule has 1 saturated heterocycles. The molecule has 2 amide bonds. The van der Waals surface area contributed by atoms with Gasteiger partial charge in [-0.05, 0) is 47.2 Å². The first-order valence-corrected chi connectivity index (χ1v) is 9.90. The predicted octanol–water partition coefficient (Wildman–Crippen LogP) is 0.803. The third kappa shape index (κ3) is 5.93. The molecule has 9 heteroatoms. The van der Waals surface area contributed by atoms with Gasteiger partial charge < -0.3 is 25.2 Å². The van der Waals surface area contributed by atoms with E-state index in [2.05, 4.69) is 10.2 Å². The van der Waals surface area contributed by atoms with Crippen LogP contribution >= 0.6 is 11.8 Å². The number of likely N-dealkylation sites (tertiary alicyclic amines) is 1. The van der Waals surface area contributed by atoms with Crippen molar-refractivity contribution in [2.45, 2.75) is 25.3 Å². The second-order valence-corrected chi connectivity index (χ2v) is 7.32. The van der Waals surface area contributed by atoms with Crippen LogP contribution in [0.2, 0.25) is 0 Å². The Morgan fingerprint density at radius 3 is 2.13 bits per heavy atom. The molecule has 0 bridgehead atoms. The molecule has 0 aromatic heterocycles. The quantitative estimate of drug-likeness (QED) is 0.458. The van der Waals surface area contributed by atoms with Crippen LogP contribution in [0.5, 0.6) is 5.75 Å². The maximum absolute atomic E-state index is 12.2. The van der Waals surface area contributed by atoms with Gasteiger partial charge in [0.25, 0.3) is 11.8 Å². The molecule has 2 atom stereocenters. The molecule has 0 saturated carbocycles. The number of carbonyl (C=O) groups excluding carboxylic acids is 2. The van der Waals surface area contributed by atoms with Crippen molar-refractivity contribution in [3.63, 3.8) is 0 Å². The Labute approximate surface area is 179 Å². The van der Waals surface area contributed by atoms with Crippen molar-refractivity contribution in [3.8, 4) is 5.75 Å². The lowest BCUT2D eigenvalue weighted by Crippen LogP contribution is -2.33. The summed E-state index contributed by atoms with van der Waals surface area (Å²) >= 11 is 5.47. The van der Waals surface area contributed by atoms with E-state index in [1.54, 1.807) is 36.4 Å². The summed E-state index contributed by atoms with van der Waals surface area (Å²) in [5, 5.41) is 21.9. The van der Waals surface area contributed by atoms with E-state index in [-0.39, 0.29) is 31.5 Å². The lowest BCUT2D eigenvalue weighted by molar-refractivity contribution is -0.132. The minimum absolute atomic E-state index is 0.105. The minimum Gasteiger partial charge on any atom is -0.484 e. The maximum Gasteiger partial charge on any atom is 0.260 e. The van der Waals surface area contributed by atoms with Crippen LogP contribution in [0.4, 0.5) is 0 Å². The van der Waals surface area contributed by atoms with E-state index in [1.807, 2.05) is 12.1 Å². The van der Waals surface area contributed by atoms with Crippen LogP contribution in [0.25, 0.3) is 0 Å². The third-order valence-corrected chi connectivity index (χ3v) is 4.97. The van der Waals surface area contributed by atoms with E-state index in [0.29, 0.717) is 24.4 Å². The fraction of sp³-hybridized carbons (Fsp3) is 0.333. The van der Waals surface area contributed by atoms with Crippen molar-refractivity contribution in [2.24, 2.45) is 0 Å². The highest BCUT2D eigenvalue weighted by Crippen LogP contribution is 2.14. The summed E-state index contributed by atoms with van der Waals surface area (Å²) in [7, 11) is 0. The fourth-order valence-electron chi connectivity index (χ4n) is 3.05. The number of halogens is 1. The Morgan fingerprint density at radius 2 is 1.53 bits per heavy atom. The normalized spacial score (nSPS) is 18.3. The number of nitrogens with one attached hydrogen (secondary N) is 2. The number of ether oxygens (including phenoxy) is 1. The smallest absolute Gasteiger partial charge is 0.260 e. The van der Waals surface area contributed by atoms with Crippen LogP contribution in [0.1, 0.15) is 21.5 Å². The molecule has 1 heterocycles. The predicted molar refractivity (Wildman–Crippen MR) is 111 cm³/mol. The Bertz CT molecular complexity index is 850. The molecular weight excluding hydrogens is 410 g/mol. The van der Waals surface area contributed by atoms with Gasteiger partial charge in [0.1, 0.15) is 5.75 Å². The van der Waals surface area contributed by atoms with Crippen LogP contribution < -0.4 is 14.9 Å². The molecule has 2 aromatic rings. The van der Waals surface area contributed by atoms with E-state index >= 15 is 0 Å². The molecule has 0 unspecified atom stereocenters. The third-order valence-electron chi connectivity index (χ3n) is 4.84. The van der Waals surface area contributed by atoms with Gasteiger partial charge in [-0.3, -0.25) is 9.59 Å². The Balaban J connectivity index is 1.44. The minimum atomic E-state index is -0.913.